The van der Waals surface area contributed by atoms with E-state index in [4.69, 9.17) is 5.26 Å². The highest BCUT2D eigenvalue weighted by Gasteiger charge is 2.05. The molecule has 1 amide bonds. The fraction of sp³-hybridized carbons (Fsp3) is 0.300. The van der Waals surface area contributed by atoms with Crippen LogP contribution in [0.4, 0.5) is 5.69 Å². The van der Waals surface area contributed by atoms with E-state index in [1.807, 2.05) is 13.0 Å². The van der Waals surface area contributed by atoms with E-state index in [1.54, 1.807) is 12.1 Å². The van der Waals surface area contributed by atoms with Crippen LogP contribution in [0.1, 0.15) is 12.0 Å². The van der Waals surface area contributed by atoms with Crippen LogP contribution in [0.25, 0.3) is 0 Å². The van der Waals surface area contributed by atoms with Crippen LogP contribution in [0.15, 0.2) is 23.1 Å². The number of rotatable bonds is 6. The smallest absolute Gasteiger partial charge is 0.225 e. The molecule has 5 nitrogen and oxygen atoms in total. The lowest BCUT2D eigenvalue weighted by atomic mass is 10.2. The van der Waals surface area contributed by atoms with E-state index >= 15 is 0 Å². The number of benzene rings is 1. The normalized spacial score (nSPS) is 10.3. The number of anilines is 1. The lowest BCUT2D eigenvalue weighted by Gasteiger charge is -2.08. The minimum atomic E-state index is -0.00200. The zero-order valence-electron chi connectivity index (χ0n) is 9.10. The van der Waals surface area contributed by atoms with Crippen molar-refractivity contribution in [1.29, 1.82) is 0 Å². The van der Waals surface area contributed by atoms with Crippen molar-refractivity contribution in [2.24, 2.45) is 0 Å². The summed E-state index contributed by atoms with van der Waals surface area (Å²) in [5.41, 5.74) is 1.69. The zero-order chi connectivity index (χ0) is 12.7. The molecule has 17 heavy (non-hydrogen) atoms. The molecule has 7 heteroatoms. The van der Waals surface area contributed by atoms with Crippen LogP contribution >= 0.6 is 34.6 Å². The fourth-order valence-electron chi connectivity index (χ4n) is 1.18. The summed E-state index contributed by atoms with van der Waals surface area (Å²) in [7, 11) is 0. The van der Waals surface area contributed by atoms with Crippen molar-refractivity contribution in [1.82, 2.24) is 0 Å². The summed E-state index contributed by atoms with van der Waals surface area (Å²) >= 11 is 3.04. The lowest BCUT2D eigenvalue weighted by molar-refractivity contribution is -0.432. The van der Waals surface area contributed by atoms with Gasteiger partial charge in [-0.05, 0) is 30.7 Å². The lowest BCUT2D eigenvalue weighted by Crippen LogP contribution is -2.12. The molecule has 94 valence electrons. The molecule has 2 N–H and O–H groups in total. The highest BCUT2D eigenvalue weighted by atomic mass is 127. The molecular formula is C10H12INO4S. The van der Waals surface area contributed by atoms with E-state index in [0.717, 1.165) is 32.6 Å². The third-order valence-electron chi connectivity index (χ3n) is 1.95. The number of carbonyl (C=O) groups excluding carboxylic acids is 1. The highest BCUT2D eigenvalue weighted by Crippen LogP contribution is 2.24. The molecule has 1 aromatic carbocycles. The first-order valence-corrected chi connectivity index (χ1v) is 7.05. The Morgan fingerprint density at radius 1 is 1.59 bits per heavy atom. The van der Waals surface area contributed by atoms with Crippen molar-refractivity contribution in [3.05, 3.63) is 23.8 Å². The van der Waals surface area contributed by atoms with E-state index in [1.165, 1.54) is 0 Å². The largest absolute Gasteiger partial charge is 0.326 e. The maximum Gasteiger partial charge on any atom is 0.225 e. The molecule has 0 atom stereocenters. The first kappa shape index (κ1) is 14.7. The van der Waals surface area contributed by atoms with Gasteiger partial charge in [0.25, 0.3) is 0 Å². The Labute approximate surface area is 117 Å². The third kappa shape index (κ3) is 5.21. The van der Waals surface area contributed by atoms with Gasteiger partial charge in [0.05, 0.1) is 12.0 Å². The minimum Gasteiger partial charge on any atom is -0.326 e. The molecule has 0 unspecified atom stereocenters. The van der Waals surface area contributed by atoms with E-state index in [0.29, 0.717) is 6.42 Å². The van der Waals surface area contributed by atoms with Gasteiger partial charge in [-0.25, -0.2) is 5.26 Å². The summed E-state index contributed by atoms with van der Waals surface area (Å²) in [6.07, 6.45) is 0.498. The molecule has 0 aliphatic rings. The second-order valence-corrected chi connectivity index (χ2v) is 5.04. The second kappa shape index (κ2) is 7.88. The molecule has 1 aromatic rings. The topological polar surface area (TPSA) is 67.8 Å². The predicted molar refractivity (Wildman–Crippen MR) is 74.0 cm³/mol. The van der Waals surface area contributed by atoms with Crippen LogP contribution in [0.2, 0.25) is 0 Å². The van der Waals surface area contributed by atoms with Crippen LogP contribution in [0.3, 0.4) is 0 Å². The molecule has 1 rings (SSSR count). The van der Waals surface area contributed by atoms with Crippen molar-refractivity contribution in [3.63, 3.8) is 0 Å². The van der Waals surface area contributed by atoms with Gasteiger partial charge in [-0.3, -0.25) is 4.79 Å². The summed E-state index contributed by atoms with van der Waals surface area (Å²) in [6, 6.07) is 5.36. The van der Waals surface area contributed by atoms with E-state index in [2.05, 4.69) is 37.3 Å². The van der Waals surface area contributed by atoms with Crippen molar-refractivity contribution >= 4 is 46.2 Å². The third-order valence-corrected chi connectivity index (χ3v) is 3.07. The summed E-state index contributed by atoms with van der Waals surface area (Å²) in [4.78, 5) is 12.2. The Morgan fingerprint density at radius 3 is 2.94 bits per heavy atom. The molecule has 0 radical (unpaired) electrons. The minimum absolute atomic E-state index is 0.00200. The highest BCUT2D eigenvalue weighted by molar-refractivity contribution is 14.1. The van der Waals surface area contributed by atoms with Crippen LogP contribution < -0.4 is 5.32 Å². The maximum atomic E-state index is 11.4. The number of carbonyl (C=O) groups is 1. The summed E-state index contributed by atoms with van der Waals surface area (Å²) in [5, 5.41) is 14.4. The average molecular weight is 369 g/mol. The predicted octanol–water partition coefficient (Wildman–Crippen LogP) is 3.19. The number of hydrogen-bond donors (Lipinski definition) is 2. The summed E-state index contributed by atoms with van der Waals surface area (Å²) in [6.45, 7) is 1.88. The van der Waals surface area contributed by atoms with Crippen LogP contribution in [-0.4, -0.2) is 15.6 Å². The molecule has 0 spiro atoms. The van der Waals surface area contributed by atoms with Gasteiger partial charge < -0.3 is 5.32 Å². The molecule has 0 heterocycles. The number of aryl methyl sites for hydroxylation is 1. The Balaban J connectivity index is 2.65. The van der Waals surface area contributed by atoms with E-state index in [-0.39, 0.29) is 5.91 Å². The van der Waals surface area contributed by atoms with Crippen LogP contribution in [0, 0.1) is 6.92 Å². The molecule has 0 saturated heterocycles. The zero-order valence-corrected chi connectivity index (χ0v) is 12.1. The average Bonchev–Trinajstić information content (AvgIpc) is 2.30. The number of alkyl halides is 1. The fourth-order valence-corrected chi connectivity index (χ4v) is 2.13. The Kier molecular flexibility index (Phi) is 6.82. The molecule has 0 aromatic heterocycles. The number of amides is 1. The Hall–Kier alpha value is -0.350. The van der Waals surface area contributed by atoms with Crippen molar-refractivity contribution in [3.8, 4) is 0 Å². The van der Waals surface area contributed by atoms with Crippen molar-refractivity contribution < 1.29 is 19.4 Å². The van der Waals surface area contributed by atoms with Crippen LogP contribution in [-0.2, 0) is 14.2 Å². The standard InChI is InChI=1S/C10H12INO4S/c1-7-6-8(17-16-15-14)2-3-9(7)12-10(13)4-5-11/h2-3,6,14H,4-5H2,1H3,(H,12,13). The van der Waals surface area contributed by atoms with Gasteiger partial charge in [0.2, 0.25) is 5.91 Å². The monoisotopic (exact) mass is 369 g/mol. The Bertz CT molecular complexity index is 389. The maximum absolute atomic E-state index is 11.4. The van der Waals surface area contributed by atoms with Gasteiger partial charge in [-0.2, -0.15) is 0 Å². The number of nitrogens with one attached hydrogen (secondary N) is 1. The molecular weight excluding hydrogens is 357 g/mol. The van der Waals surface area contributed by atoms with Gasteiger partial charge in [-0.15, -0.1) is 4.33 Å². The second-order valence-electron chi connectivity index (χ2n) is 3.19. The van der Waals surface area contributed by atoms with E-state index in [9.17, 15) is 4.79 Å². The Morgan fingerprint density at radius 2 is 2.35 bits per heavy atom. The van der Waals surface area contributed by atoms with Gasteiger partial charge in [0.15, 0.2) is 0 Å². The summed E-state index contributed by atoms with van der Waals surface area (Å²) < 4.78 is 5.11. The molecule has 0 aliphatic heterocycles. The van der Waals surface area contributed by atoms with Gasteiger partial charge >= 0.3 is 0 Å². The van der Waals surface area contributed by atoms with Crippen LogP contribution in [0.5, 0.6) is 0 Å². The van der Waals surface area contributed by atoms with Gasteiger partial charge in [0.1, 0.15) is 0 Å². The number of hydrogen-bond acceptors (Lipinski definition) is 5. The van der Waals surface area contributed by atoms with Gasteiger partial charge in [0, 0.05) is 21.4 Å². The molecule has 0 saturated carbocycles. The molecule has 0 bridgehead atoms. The van der Waals surface area contributed by atoms with Crippen molar-refractivity contribution in [2.75, 3.05) is 9.74 Å². The number of halogens is 1. The SMILES string of the molecule is Cc1cc(SOOO)ccc1NC(=O)CCI. The van der Waals surface area contributed by atoms with Gasteiger partial charge in [-0.1, -0.05) is 27.6 Å². The van der Waals surface area contributed by atoms with Crippen molar-refractivity contribution in [2.45, 2.75) is 18.2 Å². The molecule has 0 fully saturated rings. The van der Waals surface area contributed by atoms with E-state index < -0.39 is 0 Å². The quantitative estimate of drug-likeness (QED) is 0.265. The molecule has 0 aliphatic carbocycles. The summed E-state index contributed by atoms with van der Waals surface area (Å²) in [5.74, 6) is -0.00200. The first-order chi connectivity index (χ1) is 8.17. The first-order valence-electron chi connectivity index (χ1n) is 4.78.